The molecule has 3 saturated heterocycles. The number of hydrazine groups is 1. The largest absolute Gasteiger partial charge is 0.480 e. The Balaban J connectivity index is 1.21. The van der Waals surface area contributed by atoms with Crippen molar-refractivity contribution >= 4 is 33.4 Å². The number of aromatic nitrogens is 3. The zero-order valence-corrected chi connectivity index (χ0v) is 30.2. The summed E-state index contributed by atoms with van der Waals surface area (Å²) in [5, 5.41) is 2.33. The van der Waals surface area contributed by atoms with Crippen LogP contribution in [0.15, 0.2) is 66.9 Å². The number of carbonyl (C=O) groups is 1. The van der Waals surface area contributed by atoms with E-state index in [1.54, 1.807) is 60.8 Å². The predicted octanol–water partition coefficient (Wildman–Crippen LogP) is 5.76. The molecule has 2 aromatic heterocycles. The topological polar surface area (TPSA) is 99.2 Å². The monoisotopic (exact) mass is 754 g/mol. The van der Waals surface area contributed by atoms with Gasteiger partial charge in [0, 0.05) is 62.5 Å². The first kappa shape index (κ1) is 36.1. The number of terminal acetylenes is 1. The van der Waals surface area contributed by atoms with E-state index in [9.17, 15) is 9.18 Å². The Labute approximate surface area is 314 Å². The average molecular weight is 755 g/mol. The van der Waals surface area contributed by atoms with Gasteiger partial charge in [-0.05, 0) is 49.4 Å². The maximum absolute atomic E-state index is 17.2. The van der Waals surface area contributed by atoms with E-state index in [0.29, 0.717) is 30.2 Å². The fourth-order valence-electron chi connectivity index (χ4n) is 8.28. The van der Waals surface area contributed by atoms with Crippen molar-refractivity contribution < 1.29 is 31.8 Å². The molecule has 6 heterocycles. The summed E-state index contributed by atoms with van der Waals surface area (Å²) in [5.74, 6) is -0.666. The molecule has 2 aromatic carbocycles. The number of hydrogen-bond acceptors (Lipinski definition) is 10. The van der Waals surface area contributed by atoms with Crippen LogP contribution in [0.1, 0.15) is 31.2 Å². The number of amides is 1. The number of hydrogen-bond donors (Lipinski definition) is 1. The molecule has 11 nitrogen and oxygen atoms in total. The van der Waals surface area contributed by atoms with Gasteiger partial charge >= 0.3 is 6.01 Å². The lowest BCUT2D eigenvalue weighted by molar-refractivity contribution is -0.127. The van der Waals surface area contributed by atoms with Crippen molar-refractivity contribution in [3.63, 3.8) is 0 Å². The minimum absolute atomic E-state index is 0.0249. The van der Waals surface area contributed by atoms with Gasteiger partial charge in [-0.3, -0.25) is 14.7 Å². The molecule has 0 bridgehead atoms. The van der Waals surface area contributed by atoms with Crippen molar-refractivity contribution in [3.8, 4) is 35.5 Å². The van der Waals surface area contributed by atoms with E-state index < -0.39 is 41.1 Å². The van der Waals surface area contributed by atoms with Crippen LogP contribution in [0.3, 0.4) is 0 Å². The zero-order valence-electron chi connectivity index (χ0n) is 30.2. The average Bonchev–Trinajstić information content (AvgIpc) is 3.92. The Morgan fingerprint density at radius 2 is 2.00 bits per heavy atom. The second kappa shape index (κ2) is 14.4. The Morgan fingerprint density at radius 3 is 2.78 bits per heavy atom. The van der Waals surface area contributed by atoms with E-state index in [1.807, 2.05) is 0 Å². The van der Waals surface area contributed by atoms with Crippen LogP contribution in [0.5, 0.6) is 11.9 Å². The highest BCUT2D eigenvalue weighted by Gasteiger charge is 2.49. The highest BCUT2D eigenvalue weighted by Crippen LogP contribution is 2.43. The summed E-state index contributed by atoms with van der Waals surface area (Å²) >= 11 is 0. The lowest BCUT2D eigenvalue weighted by atomic mass is 9.95. The van der Waals surface area contributed by atoms with Crippen LogP contribution in [0.25, 0.3) is 32.9 Å². The molecule has 15 heteroatoms. The number of carbonyl (C=O) groups excluding carboxylic acids is 1. The van der Waals surface area contributed by atoms with E-state index in [0.717, 1.165) is 25.6 Å². The normalized spacial score (nSPS) is 22.3. The van der Waals surface area contributed by atoms with Gasteiger partial charge in [0.1, 0.15) is 41.0 Å². The number of ether oxygens (including phenoxy) is 2. The molecular formula is C40H38F4N8O3. The maximum atomic E-state index is 17.2. The van der Waals surface area contributed by atoms with Crippen molar-refractivity contribution in [2.75, 3.05) is 51.8 Å². The number of methoxy groups -OCH3 is 1. The summed E-state index contributed by atoms with van der Waals surface area (Å²) in [6.45, 7) is 1.52. The van der Waals surface area contributed by atoms with Gasteiger partial charge in [0.25, 0.3) is 5.91 Å². The van der Waals surface area contributed by atoms with E-state index in [4.69, 9.17) is 20.9 Å². The molecule has 3 fully saturated rings. The molecule has 4 aliphatic heterocycles. The van der Waals surface area contributed by atoms with Crippen molar-refractivity contribution in [1.82, 2.24) is 35.2 Å². The van der Waals surface area contributed by atoms with Crippen molar-refractivity contribution in [3.05, 3.63) is 84.1 Å². The number of fused-ring (bicyclic) bond motifs is 3. The Morgan fingerprint density at radius 1 is 1.15 bits per heavy atom. The predicted molar refractivity (Wildman–Crippen MR) is 199 cm³/mol. The zero-order chi connectivity index (χ0) is 38.4. The van der Waals surface area contributed by atoms with E-state index in [2.05, 4.69) is 26.2 Å². The standard InChI is InChI=1S/C40H38F4N8O3/c1-4-27-29(42)12-11-24-9-7-10-28(31(24)27)34-33(44)35-32(37(46-34)54-3)36(48-39(47-35)55-23-40-14-8-16-51(40)20-25(41)19-40)49(2)26-13-18-50(21-26)38(53)30(43)22-52-17-6-5-15-45-52/h1,5-7,9-12,15,17,22,25-26,45H,8,13-14,16,18-21,23H2,2-3H3/b30-22-/t25-,26-,40+/m1/s1. The number of likely N-dealkylation sites (tertiary alicyclic amines) is 1. The first-order valence-corrected chi connectivity index (χ1v) is 18.0. The molecule has 0 saturated carbocycles. The highest BCUT2D eigenvalue weighted by molar-refractivity contribution is 6.03. The summed E-state index contributed by atoms with van der Waals surface area (Å²) in [6.07, 6.45) is 14.8. The molecule has 0 radical (unpaired) electrons. The second-order valence-electron chi connectivity index (χ2n) is 14.2. The lowest BCUT2D eigenvalue weighted by Crippen LogP contribution is -2.43. The molecule has 4 aliphatic rings. The van der Waals surface area contributed by atoms with Crippen molar-refractivity contribution in [2.45, 2.75) is 43.4 Å². The Kier molecular flexibility index (Phi) is 9.46. The van der Waals surface area contributed by atoms with Gasteiger partial charge in [-0.25, -0.2) is 18.2 Å². The number of anilines is 1. The fourth-order valence-corrected chi connectivity index (χ4v) is 8.28. The number of likely N-dealkylation sites (N-methyl/N-ethyl adjacent to an activating group) is 1. The molecular weight excluding hydrogens is 716 g/mol. The number of halogens is 4. The number of nitrogens with one attached hydrogen (secondary N) is 1. The summed E-state index contributed by atoms with van der Waals surface area (Å²) < 4.78 is 74.0. The van der Waals surface area contributed by atoms with Gasteiger partial charge in [0.2, 0.25) is 11.7 Å². The van der Waals surface area contributed by atoms with E-state index in [1.165, 1.54) is 23.1 Å². The number of allylic oxidation sites excluding steroid dienone is 2. The van der Waals surface area contributed by atoms with Gasteiger partial charge in [-0.1, -0.05) is 30.2 Å². The number of nitrogens with zero attached hydrogens (tertiary/aromatic N) is 7. The van der Waals surface area contributed by atoms with Crippen molar-refractivity contribution in [1.29, 1.82) is 0 Å². The molecule has 0 unspecified atom stereocenters. The fraction of sp³-hybridized carbons (Fsp3) is 0.350. The minimum atomic E-state index is -0.992. The van der Waals surface area contributed by atoms with Crippen LogP contribution in [0, 0.1) is 24.0 Å². The molecule has 4 aromatic rings. The van der Waals surface area contributed by atoms with E-state index >= 15 is 13.2 Å². The summed E-state index contributed by atoms with van der Waals surface area (Å²) in [6, 6.07) is 7.29. The molecule has 284 valence electrons. The van der Waals surface area contributed by atoms with Gasteiger partial charge in [0.15, 0.2) is 5.82 Å². The van der Waals surface area contributed by atoms with Gasteiger partial charge < -0.3 is 24.7 Å². The SMILES string of the molecule is C#Cc1c(F)ccc2cccc(-c3nc(OC)c4c(N(C)[C@@H]5CCN(C(=O)/C(F)=C/N6C=CC=CN6)C5)nc(OC[C@@]56CCCN5C[C@H](F)C6)nc4c3F)c12. The van der Waals surface area contributed by atoms with Crippen molar-refractivity contribution in [2.24, 2.45) is 0 Å². The molecule has 8 rings (SSSR count). The van der Waals surface area contributed by atoms with Crippen LogP contribution in [-0.2, 0) is 4.79 Å². The smallest absolute Gasteiger partial charge is 0.319 e. The van der Waals surface area contributed by atoms with Crippen LogP contribution < -0.4 is 19.8 Å². The second-order valence-corrected chi connectivity index (χ2v) is 14.2. The van der Waals surface area contributed by atoms with Gasteiger partial charge in [-0.2, -0.15) is 14.4 Å². The summed E-state index contributed by atoms with van der Waals surface area (Å²) in [5.41, 5.74) is 2.08. The van der Waals surface area contributed by atoms with Crippen LogP contribution in [0.4, 0.5) is 23.4 Å². The van der Waals surface area contributed by atoms with Crippen LogP contribution >= 0.6 is 0 Å². The highest BCUT2D eigenvalue weighted by atomic mass is 19.1. The Bertz CT molecular complexity index is 2330. The third-order valence-corrected chi connectivity index (χ3v) is 11.0. The summed E-state index contributed by atoms with van der Waals surface area (Å²) in [4.78, 5) is 32.3. The number of alkyl halides is 1. The maximum Gasteiger partial charge on any atom is 0.319 e. The number of rotatable bonds is 9. The third-order valence-electron chi connectivity index (χ3n) is 11.0. The lowest BCUT2D eigenvalue weighted by Gasteiger charge is -2.31. The number of pyridine rings is 1. The Hall–Kier alpha value is -5.88. The van der Waals surface area contributed by atoms with Crippen LogP contribution in [0.2, 0.25) is 0 Å². The first-order chi connectivity index (χ1) is 26.6. The molecule has 0 spiro atoms. The molecule has 1 N–H and O–H groups in total. The number of benzene rings is 2. The van der Waals surface area contributed by atoms with Crippen LogP contribution in [-0.4, -0.2) is 100 Å². The van der Waals surface area contributed by atoms with Gasteiger partial charge in [0.05, 0.1) is 24.4 Å². The third kappa shape index (κ3) is 6.43. The molecule has 3 atom stereocenters. The van der Waals surface area contributed by atoms with E-state index in [-0.39, 0.29) is 65.1 Å². The minimum Gasteiger partial charge on any atom is -0.480 e. The molecule has 0 aliphatic carbocycles. The summed E-state index contributed by atoms with van der Waals surface area (Å²) in [7, 11) is 3.10. The van der Waals surface area contributed by atoms with Gasteiger partial charge in [-0.15, -0.1) is 6.42 Å². The quantitative estimate of drug-likeness (QED) is 0.129. The molecule has 55 heavy (non-hydrogen) atoms. The molecule has 1 amide bonds. The first-order valence-electron chi connectivity index (χ1n) is 18.0.